The molecule has 0 aromatic carbocycles. The van der Waals surface area contributed by atoms with Gasteiger partial charge in [0.15, 0.2) is 5.22 Å². The Morgan fingerprint density at radius 1 is 1.37 bits per heavy atom. The predicted octanol–water partition coefficient (Wildman–Crippen LogP) is 3.01. The van der Waals surface area contributed by atoms with Gasteiger partial charge in [0, 0.05) is 20.3 Å². The lowest BCUT2D eigenvalue weighted by molar-refractivity contribution is 0.399. The topological polar surface area (TPSA) is 50.5 Å². The number of furan rings is 1. The largest absolute Gasteiger partial charge is 0.479 e. The molecule has 102 valence electrons. The maximum absolute atomic E-state index is 5.74. The van der Waals surface area contributed by atoms with Gasteiger partial charge in [0.1, 0.15) is 11.4 Å². The minimum atomic E-state index is 0.378. The molecule has 2 aromatic heterocycles. The Bertz CT molecular complexity index is 555. The second-order valence-corrected chi connectivity index (χ2v) is 4.54. The molecule has 0 saturated heterocycles. The number of nitrogens with zero attached hydrogens (tertiary/aromatic N) is 2. The van der Waals surface area contributed by atoms with E-state index in [0.717, 1.165) is 17.1 Å². The lowest BCUT2D eigenvalue weighted by Gasteiger charge is -2.19. The molecule has 0 aliphatic carbocycles. The summed E-state index contributed by atoms with van der Waals surface area (Å²) in [5, 5.41) is 3.64. The van der Waals surface area contributed by atoms with Crippen LogP contribution in [0.5, 0.6) is 5.88 Å². The van der Waals surface area contributed by atoms with Crippen molar-refractivity contribution in [2.75, 3.05) is 31.4 Å². The van der Waals surface area contributed by atoms with E-state index < -0.39 is 0 Å². The van der Waals surface area contributed by atoms with Crippen molar-refractivity contribution in [3.8, 4) is 5.88 Å². The van der Waals surface area contributed by atoms with Gasteiger partial charge in [0.05, 0.1) is 19.3 Å². The Hall–Kier alpha value is -1.88. The van der Waals surface area contributed by atoms with Gasteiger partial charge in [-0.1, -0.05) is 0 Å². The number of ether oxygens (including phenoxy) is 1. The van der Waals surface area contributed by atoms with E-state index in [2.05, 4.69) is 10.3 Å². The van der Waals surface area contributed by atoms with Crippen LogP contribution in [0, 0.1) is 0 Å². The summed E-state index contributed by atoms with van der Waals surface area (Å²) in [6, 6.07) is 5.46. The molecule has 0 fully saturated rings. The SMILES string of the molecule is COc1nccc(N(C)C)c1NCc1ccc(Cl)o1. The first-order valence-electron chi connectivity index (χ1n) is 5.80. The number of methoxy groups -OCH3 is 1. The van der Waals surface area contributed by atoms with Gasteiger partial charge in [-0.3, -0.25) is 0 Å². The molecule has 19 heavy (non-hydrogen) atoms. The summed E-state index contributed by atoms with van der Waals surface area (Å²) in [5.74, 6) is 1.30. The van der Waals surface area contributed by atoms with E-state index >= 15 is 0 Å². The van der Waals surface area contributed by atoms with E-state index in [9.17, 15) is 0 Å². The molecule has 0 amide bonds. The van der Waals surface area contributed by atoms with Crippen LogP contribution in [0.2, 0.25) is 5.22 Å². The summed E-state index contributed by atoms with van der Waals surface area (Å²) in [7, 11) is 5.52. The first-order valence-corrected chi connectivity index (χ1v) is 6.18. The van der Waals surface area contributed by atoms with Gasteiger partial charge in [-0.15, -0.1) is 0 Å². The summed E-state index contributed by atoms with van der Waals surface area (Å²) in [5.41, 5.74) is 1.81. The zero-order valence-corrected chi connectivity index (χ0v) is 11.9. The van der Waals surface area contributed by atoms with E-state index in [-0.39, 0.29) is 0 Å². The van der Waals surface area contributed by atoms with Crippen LogP contribution in [-0.2, 0) is 6.54 Å². The zero-order chi connectivity index (χ0) is 13.8. The van der Waals surface area contributed by atoms with E-state index in [1.165, 1.54) is 0 Å². The number of hydrogen-bond donors (Lipinski definition) is 1. The second-order valence-electron chi connectivity index (χ2n) is 4.17. The first kappa shape index (κ1) is 13.5. The highest BCUT2D eigenvalue weighted by molar-refractivity contribution is 6.28. The summed E-state index contributed by atoms with van der Waals surface area (Å²) in [6.45, 7) is 0.510. The van der Waals surface area contributed by atoms with Gasteiger partial charge < -0.3 is 19.4 Å². The maximum atomic E-state index is 5.74. The molecular weight excluding hydrogens is 266 g/mol. The molecule has 0 aliphatic rings. The van der Waals surface area contributed by atoms with Crippen LogP contribution in [-0.4, -0.2) is 26.2 Å². The third-order valence-electron chi connectivity index (χ3n) is 2.64. The van der Waals surface area contributed by atoms with Crippen LogP contribution >= 0.6 is 11.6 Å². The molecule has 1 N–H and O–H groups in total. The second kappa shape index (κ2) is 5.84. The number of aromatic nitrogens is 1. The van der Waals surface area contributed by atoms with Gasteiger partial charge in [-0.2, -0.15) is 0 Å². The summed E-state index contributed by atoms with van der Waals surface area (Å²) in [4.78, 5) is 6.18. The highest BCUT2D eigenvalue weighted by atomic mass is 35.5. The number of pyridine rings is 1. The number of hydrogen-bond acceptors (Lipinski definition) is 5. The fraction of sp³-hybridized carbons (Fsp3) is 0.308. The van der Waals surface area contributed by atoms with Crippen LogP contribution in [0.15, 0.2) is 28.8 Å². The Morgan fingerprint density at radius 3 is 2.74 bits per heavy atom. The van der Waals surface area contributed by atoms with Crippen LogP contribution in [0.25, 0.3) is 0 Å². The predicted molar refractivity (Wildman–Crippen MR) is 76.2 cm³/mol. The monoisotopic (exact) mass is 281 g/mol. The minimum absolute atomic E-state index is 0.378. The van der Waals surface area contributed by atoms with Crippen molar-refractivity contribution in [3.63, 3.8) is 0 Å². The van der Waals surface area contributed by atoms with Gasteiger partial charge in [0.2, 0.25) is 5.88 Å². The third-order valence-corrected chi connectivity index (χ3v) is 2.84. The number of anilines is 2. The van der Waals surface area contributed by atoms with Crippen molar-refractivity contribution in [2.45, 2.75) is 6.54 Å². The van der Waals surface area contributed by atoms with Crippen molar-refractivity contribution in [1.29, 1.82) is 0 Å². The molecule has 2 rings (SSSR count). The van der Waals surface area contributed by atoms with E-state index in [4.69, 9.17) is 20.8 Å². The summed E-state index contributed by atoms with van der Waals surface area (Å²) in [6.07, 6.45) is 1.71. The molecule has 0 aliphatic heterocycles. The van der Waals surface area contributed by atoms with E-state index in [0.29, 0.717) is 17.6 Å². The van der Waals surface area contributed by atoms with Crippen LogP contribution in [0.4, 0.5) is 11.4 Å². The van der Waals surface area contributed by atoms with Gasteiger partial charge >= 0.3 is 0 Å². The van der Waals surface area contributed by atoms with Crippen LogP contribution in [0.3, 0.4) is 0 Å². The van der Waals surface area contributed by atoms with Gasteiger partial charge in [0.25, 0.3) is 0 Å². The highest BCUT2D eigenvalue weighted by Gasteiger charge is 2.12. The fourth-order valence-corrected chi connectivity index (χ4v) is 1.91. The molecule has 6 heteroatoms. The maximum Gasteiger partial charge on any atom is 0.239 e. The van der Waals surface area contributed by atoms with Gasteiger partial charge in [-0.05, 0) is 29.8 Å². The molecular formula is C13H16ClN3O2. The fourth-order valence-electron chi connectivity index (χ4n) is 1.75. The zero-order valence-electron chi connectivity index (χ0n) is 11.1. The Morgan fingerprint density at radius 2 is 2.16 bits per heavy atom. The number of halogens is 1. The highest BCUT2D eigenvalue weighted by Crippen LogP contribution is 2.32. The standard InChI is InChI=1S/C13H16ClN3O2/c1-17(2)10-6-7-15-13(18-3)12(10)16-8-9-4-5-11(14)19-9/h4-7,16H,8H2,1-3H3. The molecule has 5 nitrogen and oxygen atoms in total. The van der Waals surface area contributed by atoms with Crippen molar-refractivity contribution >= 4 is 23.0 Å². The molecule has 2 aromatic rings. The Kier molecular flexibility index (Phi) is 4.16. The van der Waals surface area contributed by atoms with E-state index in [1.807, 2.05) is 31.1 Å². The van der Waals surface area contributed by atoms with Crippen molar-refractivity contribution in [1.82, 2.24) is 4.98 Å². The Balaban J connectivity index is 2.22. The summed E-state index contributed by atoms with van der Waals surface area (Å²) < 4.78 is 10.6. The third kappa shape index (κ3) is 3.12. The molecule has 0 radical (unpaired) electrons. The van der Waals surface area contributed by atoms with Crippen molar-refractivity contribution < 1.29 is 9.15 Å². The Labute approximate surface area is 117 Å². The first-order chi connectivity index (χ1) is 9.11. The number of nitrogens with one attached hydrogen (secondary N) is 1. The average Bonchev–Trinajstić information content (AvgIpc) is 2.81. The molecule has 0 unspecified atom stereocenters. The smallest absolute Gasteiger partial charge is 0.239 e. The molecule has 0 spiro atoms. The lowest BCUT2D eigenvalue weighted by Crippen LogP contribution is -2.13. The van der Waals surface area contributed by atoms with Crippen LogP contribution < -0.4 is 15.0 Å². The van der Waals surface area contributed by atoms with Gasteiger partial charge in [-0.25, -0.2) is 4.98 Å². The minimum Gasteiger partial charge on any atom is -0.479 e. The van der Waals surface area contributed by atoms with Crippen molar-refractivity contribution in [2.24, 2.45) is 0 Å². The quantitative estimate of drug-likeness (QED) is 0.913. The number of rotatable bonds is 5. The average molecular weight is 282 g/mol. The molecule has 0 bridgehead atoms. The normalized spacial score (nSPS) is 10.3. The van der Waals surface area contributed by atoms with E-state index in [1.54, 1.807) is 19.4 Å². The molecule has 2 heterocycles. The lowest BCUT2D eigenvalue weighted by atomic mass is 10.3. The van der Waals surface area contributed by atoms with Crippen LogP contribution in [0.1, 0.15) is 5.76 Å². The molecule has 0 atom stereocenters. The van der Waals surface area contributed by atoms with Crippen molar-refractivity contribution in [3.05, 3.63) is 35.4 Å². The molecule has 0 saturated carbocycles. The summed E-state index contributed by atoms with van der Waals surface area (Å²) >= 11 is 5.74.